The second-order valence-corrected chi connectivity index (χ2v) is 6.80. The molecule has 1 amide bonds. The highest BCUT2D eigenvalue weighted by molar-refractivity contribution is 7.17. The predicted octanol–water partition coefficient (Wildman–Crippen LogP) is 3.37. The topological polar surface area (TPSA) is 64.6 Å². The molecule has 20 heavy (non-hydrogen) atoms. The molecule has 0 atom stereocenters. The van der Waals surface area contributed by atoms with Crippen LogP contribution in [0.15, 0.2) is 0 Å². The van der Waals surface area contributed by atoms with Gasteiger partial charge in [-0.1, -0.05) is 0 Å². The summed E-state index contributed by atoms with van der Waals surface area (Å²) in [5, 5.41) is 3.24. The Morgan fingerprint density at radius 1 is 1.35 bits per heavy atom. The lowest BCUT2D eigenvalue weighted by atomic mass is 10.0. The fourth-order valence-corrected chi connectivity index (χ4v) is 3.31. The summed E-state index contributed by atoms with van der Waals surface area (Å²) < 4.78 is 10.6. The maximum Gasteiger partial charge on any atom is 0.412 e. The molecule has 0 unspecified atom stereocenters. The Morgan fingerprint density at radius 2 is 2.05 bits per heavy atom. The smallest absolute Gasteiger partial charge is 0.412 e. The number of carbonyl (C=O) groups is 2. The molecule has 0 saturated carbocycles. The van der Waals surface area contributed by atoms with Gasteiger partial charge in [0.05, 0.1) is 18.8 Å². The Morgan fingerprint density at radius 3 is 2.65 bits per heavy atom. The maximum atomic E-state index is 11.8. The third-order valence-corrected chi connectivity index (χ3v) is 3.91. The van der Waals surface area contributed by atoms with Gasteiger partial charge in [-0.3, -0.25) is 10.1 Å². The SMILES string of the molecule is CC(=O)c1c(NC(=O)OC(C)(C)C)sc2c1CCOC2. The fourth-order valence-electron chi connectivity index (χ4n) is 2.09. The van der Waals surface area contributed by atoms with Crippen LogP contribution in [0.3, 0.4) is 0 Å². The standard InChI is InChI=1S/C14H19NO4S/c1-8(16)11-9-5-6-18-7-10(9)20-12(11)15-13(17)19-14(2,3)4/h5-7H2,1-4H3,(H,15,17). The van der Waals surface area contributed by atoms with Crippen LogP contribution in [0.25, 0.3) is 0 Å². The molecule has 110 valence electrons. The Hall–Kier alpha value is -1.40. The largest absolute Gasteiger partial charge is 0.444 e. The molecule has 6 heteroatoms. The molecule has 1 aliphatic rings. The van der Waals surface area contributed by atoms with Crippen LogP contribution in [0, 0.1) is 0 Å². The number of carbonyl (C=O) groups excluding carboxylic acids is 2. The number of rotatable bonds is 2. The molecule has 0 radical (unpaired) electrons. The van der Waals surface area contributed by atoms with Crippen LogP contribution in [-0.4, -0.2) is 24.1 Å². The number of hydrogen-bond donors (Lipinski definition) is 1. The minimum absolute atomic E-state index is 0.0459. The number of anilines is 1. The molecule has 1 aliphatic heterocycles. The molecule has 0 spiro atoms. The van der Waals surface area contributed by atoms with Crippen molar-refractivity contribution in [2.45, 2.75) is 46.3 Å². The highest BCUT2D eigenvalue weighted by Gasteiger charge is 2.26. The van der Waals surface area contributed by atoms with Gasteiger partial charge in [0, 0.05) is 4.88 Å². The summed E-state index contributed by atoms with van der Waals surface area (Å²) >= 11 is 1.39. The van der Waals surface area contributed by atoms with Gasteiger partial charge in [0.25, 0.3) is 0 Å². The molecule has 0 saturated heterocycles. The second-order valence-electron chi connectivity index (χ2n) is 5.69. The van der Waals surface area contributed by atoms with Crippen molar-refractivity contribution in [2.24, 2.45) is 0 Å². The molecule has 0 fully saturated rings. The van der Waals surface area contributed by atoms with Crippen molar-refractivity contribution in [1.29, 1.82) is 0 Å². The zero-order valence-electron chi connectivity index (χ0n) is 12.2. The normalized spacial score (nSPS) is 14.6. The van der Waals surface area contributed by atoms with Gasteiger partial charge in [-0.05, 0) is 39.7 Å². The van der Waals surface area contributed by atoms with Gasteiger partial charge < -0.3 is 9.47 Å². The number of nitrogens with one attached hydrogen (secondary N) is 1. The van der Waals surface area contributed by atoms with Gasteiger partial charge in [-0.2, -0.15) is 0 Å². The average molecular weight is 297 g/mol. The maximum absolute atomic E-state index is 11.8. The van der Waals surface area contributed by atoms with Gasteiger partial charge in [-0.25, -0.2) is 4.79 Å². The third-order valence-electron chi connectivity index (χ3n) is 2.79. The van der Waals surface area contributed by atoms with E-state index in [1.54, 1.807) is 20.8 Å². The van der Waals surface area contributed by atoms with E-state index >= 15 is 0 Å². The van der Waals surface area contributed by atoms with E-state index in [1.165, 1.54) is 18.3 Å². The molecule has 2 heterocycles. The van der Waals surface area contributed by atoms with E-state index in [0.717, 1.165) is 10.4 Å². The second kappa shape index (κ2) is 5.54. The highest BCUT2D eigenvalue weighted by Crippen LogP contribution is 2.36. The fraction of sp³-hybridized carbons (Fsp3) is 0.571. The molecule has 1 N–H and O–H groups in total. The van der Waals surface area contributed by atoms with Crippen molar-refractivity contribution < 1.29 is 19.1 Å². The lowest BCUT2D eigenvalue weighted by molar-refractivity contribution is 0.0636. The molecule has 0 aliphatic carbocycles. The Kier molecular flexibility index (Phi) is 4.15. The van der Waals surface area contributed by atoms with Gasteiger partial charge in [0.1, 0.15) is 10.6 Å². The minimum Gasteiger partial charge on any atom is -0.444 e. The van der Waals surface area contributed by atoms with E-state index in [2.05, 4.69) is 5.32 Å². The Bertz CT molecular complexity index is 542. The zero-order valence-corrected chi connectivity index (χ0v) is 13.0. The van der Waals surface area contributed by atoms with E-state index in [-0.39, 0.29) is 5.78 Å². The van der Waals surface area contributed by atoms with E-state index < -0.39 is 11.7 Å². The molecule has 0 bridgehead atoms. The van der Waals surface area contributed by atoms with E-state index in [1.807, 2.05) is 0 Å². The van der Waals surface area contributed by atoms with Crippen molar-refractivity contribution in [1.82, 2.24) is 0 Å². The van der Waals surface area contributed by atoms with Crippen molar-refractivity contribution in [3.8, 4) is 0 Å². The quantitative estimate of drug-likeness (QED) is 0.850. The number of ketones is 1. The molecule has 2 rings (SSSR count). The van der Waals surface area contributed by atoms with Crippen LogP contribution in [0.1, 0.15) is 48.5 Å². The number of amides is 1. The lowest BCUT2D eigenvalue weighted by Crippen LogP contribution is -2.27. The first-order valence-electron chi connectivity index (χ1n) is 6.51. The summed E-state index contributed by atoms with van der Waals surface area (Å²) in [5.41, 5.74) is 1.03. The Balaban J connectivity index is 2.25. The molecular formula is C14H19NO4S. The highest BCUT2D eigenvalue weighted by atomic mass is 32.1. The zero-order chi connectivity index (χ0) is 14.9. The molecular weight excluding hydrogens is 278 g/mol. The number of Topliss-reactive ketones (excluding diaryl/α,β-unsaturated/α-hetero) is 1. The van der Waals surface area contributed by atoms with Crippen molar-refractivity contribution in [3.05, 3.63) is 16.0 Å². The van der Waals surface area contributed by atoms with Crippen LogP contribution < -0.4 is 5.32 Å². The van der Waals surface area contributed by atoms with Gasteiger partial charge in [-0.15, -0.1) is 11.3 Å². The number of hydrogen-bond acceptors (Lipinski definition) is 5. The van der Waals surface area contributed by atoms with E-state index in [9.17, 15) is 9.59 Å². The van der Waals surface area contributed by atoms with Crippen LogP contribution in [0.4, 0.5) is 9.80 Å². The minimum atomic E-state index is -0.569. The van der Waals surface area contributed by atoms with Crippen LogP contribution in [0.5, 0.6) is 0 Å². The van der Waals surface area contributed by atoms with Crippen molar-refractivity contribution in [2.75, 3.05) is 11.9 Å². The first-order valence-corrected chi connectivity index (χ1v) is 7.33. The van der Waals surface area contributed by atoms with Gasteiger partial charge in [0.2, 0.25) is 0 Å². The number of thiophene rings is 1. The number of ether oxygens (including phenoxy) is 2. The Labute approximate surface area is 122 Å². The average Bonchev–Trinajstić information content (AvgIpc) is 2.63. The summed E-state index contributed by atoms with van der Waals surface area (Å²) in [6, 6.07) is 0. The molecule has 0 aromatic carbocycles. The molecule has 5 nitrogen and oxygen atoms in total. The predicted molar refractivity (Wildman–Crippen MR) is 77.5 cm³/mol. The van der Waals surface area contributed by atoms with Crippen LogP contribution in [0.2, 0.25) is 0 Å². The first kappa shape index (κ1) is 15.0. The van der Waals surface area contributed by atoms with Gasteiger partial charge in [0.15, 0.2) is 5.78 Å². The summed E-state index contributed by atoms with van der Waals surface area (Å²) in [6.45, 7) is 8.01. The van der Waals surface area contributed by atoms with Gasteiger partial charge >= 0.3 is 6.09 Å². The summed E-state index contributed by atoms with van der Waals surface area (Å²) in [7, 11) is 0. The lowest BCUT2D eigenvalue weighted by Gasteiger charge is -2.19. The molecule has 1 aromatic heterocycles. The monoisotopic (exact) mass is 297 g/mol. The van der Waals surface area contributed by atoms with Crippen LogP contribution in [-0.2, 0) is 22.5 Å². The number of fused-ring (bicyclic) bond motifs is 1. The van der Waals surface area contributed by atoms with Crippen molar-refractivity contribution >= 4 is 28.2 Å². The van der Waals surface area contributed by atoms with Crippen LogP contribution >= 0.6 is 11.3 Å². The summed E-state index contributed by atoms with van der Waals surface area (Å²) in [4.78, 5) is 24.7. The summed E-state index contributed by atoms with van der Waals surface area (Å²) in [6.07, 6.45) is 0.163. The van der Waals surface area contributed by atoms with E-state index in [4.69, 9.17) is 9.47 Å². The summed E-state index contributed by atoms with van der Waals surface area (Å²) in [5.74, 6) is -0.0459. The van der Waals surface area contributed by atoms with E-state index in [0.29, 0.717) is 30.2 Å². The first-order chi connectivity index (χ1) is 9.28. The third kappa shape index (κ3) is 3.37. The molecule has 1 aromatic rings. The van der Waals surface area contributed by atoms with Crippen molar-refractivity contribution in [3.63, 3.8) is 0 Å².